The van der Waals surface area contributed by atoms with E-state index in [-0.39, 0.29) is 23.3 Å². The van der Waals surface area contributed by atoms with E-state index in [2.05, 4.69) is 26.0 Å². The number of carbonyl (C=O) groups is 1. The van der Waals surface area contributed by atoms with Crippen molar-refractivity contribution < 1.29 is 17.9 Å². The molecule has 0 bridgehead atoms. The largest absolute Gasteiger partial charge is 0.376 e. The summed E-state index contributed by atoms with van der Waals surface area (Å²) in [4.78, 5) is 20.3. The van der Waals surface area contributed by atoms with Gasteiger partial charge in [-0.1, -0.05) is 29.5 Å². The average molecular weight is 487 g/mol. The summed E-state index contributed by atoms with van der Waals surface area (Å²) in [6, 6.07) is 10.8. The molecule has 1 aromatic heterocycles. The normalized spacial score (nSPS) is 16.6. The van der Waals surface area contributed by atoms with Crippen LogP contribution in [0.3, 0.4) is 0 Å². The number of amides is 1. The Morgan fingerprint density at radius 3 is 2.55 bits per heavy atom. The van der Waals surface area contributed by atoms with Crippen molar-refractivity contribution in [3.05, 3.63) is 53.1 Å². The van der Waals surface area contributed by atoms with Crippen LogP contribution in [0, 0.1) is 13.8 Å². The fraction of sp³-hybridized carbons (Fsp3) is 0.440. The van der Waals surface area contributed by atoms with Crippen LogP contribution in [0.4, 0.5) is 5.13 Å². The molecule has 1 aliphatic rings. The molecule has 3 aromatic rings. The van der Waals surface area contributed by atoms with Crippen molar-refractivity contribution in [3.63, 3.8) is 0 Å². The van der Waals surface area contributed by atoms with Gasteiger partial charge in [-0.25, -0.2) is 13.4 Å². The molecule has 0 spiro atoms. The summed E-state index contributed by atoms with van der Waals surface area (Å²) in [7, 11) is -3.34. The third-order valence-corrected chi connectivity index (χ3v) is 9.46. The molecule has 33 heavy (non-hydrogen) atoms. The number of rotatable bonds is 7. The number of thiazole rings is 1. The first-order valence-electron chi connectivity index (χ1n) is 11.3. The molecular formula is C25H30N2O4S2. The van der Waals surface area contributed by atoms with Gasteiger partial charge in [-0.05, 0) is 75.4 Å². The van der Waals surface area contributed by atoms with E-state index in [0.717, 1.165) is 40.8 Å². The summed E-state index contributed by atoms with van der Waals surface area (Å²) in [5, 5.41) is 0.191. The summed E-state index contributed by atoms with van der Waals surface area (Å²) in [5.41, 5.74) is 4.01. The number of aryl methyl sites for hydroxylation is 2. The molecule has 1 aliphatic heterocycles. The number of sulfone groups is 1. The van der Waals surface area contributed by atoms with Crippen molar-refractivity contribution in [2.75, 3.05) is 18.1 Å². The Balaban J connectivity index is 1.61. The maximum Gasteiger partial charge on any atom is 0.233 e. The highest BCUT2D eigenvalue weighted by Gasteiger charge is 2.27. The second kappa shape index (κ2) is 9.52. The van der Waals surface area contributed by atoms with Crippen LogP contribution in [0.2, 0.25) is 0 Å². The topological polar surface area (TPSA) is 76.6 Å². The Kier molecular flexibility index (Phi) is 6.88. The minimum atomic E-state index is -3.34. The van der Waals surface area contributed by atoms with Gasteiger partial charge in [0, 0.05) is 6.61 Å². The monoisotopic (exact) mass is 486 g/mol. The SMILES string of the molecule is Cc1ccc2sc(N(CC3CCCO3)C(=O)Cc3ccc(S(=O)(=O)C(C)C)cc3)nc2c1C. The molecule has 1 atom stereocenters. The minimum absolute atomic E-state index is 0.00218. The molecule has 0 radical (unpaired) electrons. The van der Waals surface area contributed by atoms with Crippen molar-refractivity contribution in [3.8, 4) is 0 Å². The standard InChI is InChI=1S/C25H30N2O4S2/c1-16(2)33(29,30)21-10-8-19(9-11-21)14-23(28)27(15-20-6-5-13-31-20)25-26-24-18(4)17(3)7-12-22(24)32-25/h7-12,16,20H,5-6,13-15H2,1-4H3. The van der Waals surface area contributed by atoms with Gasteiger partial charge in [0.05, 0.1) is 39.4 Å². The second-order valence-corrected chi connectivity index (χ2v) is 12.4. The summed E-state index contributed by atoms with van der Waals surface area (Å²) in [5.74, 6) is -0.0709. The minimum Gasteiger partial charge on any atom is -0.376 e. The van der Waals surface area contributed by atoms with Gasteiger partial charge in [-0.2, -0.15) is 0 Å². The van der Waals surface area contributed by atoms with Gasteiger partial charge < -0.3 is 4.74 Å². The van der Waals surface area contributed by atoms with E-state index in [1.165, 1.54) is 16.9 Å². The maximum atomic E-state index is 13.4. The van der Waals surface area contributed by atoms with Crippen LogP contribution in [0.1, 0.15) is 43.4 Å². The molecule has 1 amide bonds. The molecule has 2 heterocycles. The van der Waals surface area contributed by atoms with Crippen LogP contribution in [-0.4, -0.2) is 43.8 Å². The van der Waals surface area contributed by atoms with Crippen LogP contribution in [0.25, 0.3) is 10.2 Å². The smallest absolute Gasteiger partial charge is 0.233 e. The van der Waals surface area contributed by atoms with Crippen LogP contribution in [0.15, 0.2) is 41.3 Å². The van der Waals surface area contributed by atoms with Gasteiger partial charge in [-0.3, -0.25) is 9.69 Å². The third-order valence-electron chi connectivity index (χ3n) is 6.24. The summed E-state index contributed by atoms with van der Waals surface area (Å²) < 4.78 is 31.7. The molecule has 1 fully saturated rings. The second-order valence-electron chi connectivity index (χ2n) is 8.90. The Hall–Kier alpha value is -2.29. The fourth-order valence-corrected chi connectivity index (χ4v) is 6.06. The molecule has 0 N–H and O–H groups in total. The van der Waals surface area contributed by atoms with Gasteiger partial charge in [0.2, 0.25) is 5.91 Å². The number of anilines is 1. The molecule has 176 valence electrons. The quantitative estimate of drug-likeness (QED) is 0.477. The number of ether oxygens (including phenoxy) is 1. The number of hydrogen-bond acceptors (Lipinski definition) is 6. The lowest BCUT2D eigenvalue weighted by molar-refractivity contribution is -0.118. The summed E-state index contributed by atoms with van der Waals surface area (Å²) in [6.07, 6.45) is 2.09. The maximum absolute atomic E-state index is 13.4. The van der Waals surface area contributed by atoms with Crippen molar-refractivity contribution >= 4 is 42.4 Å². The zero-order chi connectivity index (χ0) is 23.8. The molecule has 6 nitrogen and oxygen atoms in total. The van der Waals surface area contributed by atoms with E-state index in [9.17, 15) is 13.2 Å². The van der Waals surface area contributed by atoms with Gasteiger partial charge in [-0.15, -0.1) is 0 Å². The number of aromatic nitrogens is 1. The molecule has 8 heteroatoms. The number of hydrogen-bond donors (Lipinski definition) is 0. The average Bonchev–Trinajstić information content (AvgIpc) is 3.45. The fourth-order valence-electron chi connectivity index (χ4n) is 3.95. The van der Waals surface area contributed by atoms with Crippen molar-refractivity contribution in [1.82, 2.24) is 4.98 Å². The summed E-state index contributed by atoms with van der Waals surface area (Å²) in [6.45, 7) is 8.63. The van der Waals surface area contributed by atoms with E-state index < -0.39 is 15.1 Å². The zero-order valence-electron chi connectivity index (χ0n) is 19.5. The van der Waals surface area contributed by atoms with E-state index in [4.69, 9.17) is 9.72 Å². The van der Waals surface area contributed by atoms with Crippen LogP contribution in [0.5, 0.6) is 0 Å². The first-order chi connectivity index (χ1) is 15.7. The Morgan fingerprint density at radius 1 is 1.18 bits per heavy atom. The lowest BCUT2D eigenvalue weighted by Crippen LogP contribution is -2.38. The van der Waals surface area contributed by atoms with Crippen LogP contribution >= 0.6 is 11.3 Å². The Morgan fingerprint density at radius 2 is 1.91 bits per heavy atom. The lowest BCUT2D eigenvalue weighted by atomic mass is 10.1. The van der Waals surface area contributed by atoms with E-state index in [1.54, 1.807) is 43.0 Å². The molecule has 1 unspecified atom stereocenters. The van der Waals surface area contributed by atoms with Gasteiger partial charge >= 0.3 is 0 Å². The predicted octanol–water partition coefficient (Wildman–Crippen LogP) is 4.85. The van der Waals surface area contributed by atoms with E-state index in [0.29, 0.717) is 11.7 Å². The molecule has 1 saturated heterocycles. The number of nitrogens with zero attached hydrogens (tertiary/aromatic N) is 2. The van der Waals surface area contributed by atoms with Gasteiger partial charge in [0.15, 0.2) is 15.0 Å². The number of benzene rings is 2. The first kappa shape index (κ1) is 23.9. The first-order valence-corrected chi connectivity index (χ1v) is 13.6. The molecule has 2 aromatic carbocycles. The van der Waals surface area contributed by atoms with E-state index in [1.807, 2.05) is 0 Å². The van der Waals surface area contributed by atoms with Gasteiger partial charge in [0.25, 0.3) is 0 Å². The van der Waals surface area contributed by atoms with Crippen molar-refractivity contribution in [2.24, 2.45) is 0 Å². The highest BCUT2D eigenvalue weighted by molar-refractivity contribution is 7.92. The summed E-state index contributed by atoms with van der Waals surface area (Å²) >= 11 is 1.52. The highest BCUT2D eigenvalue weighted by atomic mass is 32.2. The van der Waals surface area contributed by atoms with Gasteiger partial charge in [0.1, 0.15) is 0 Å². The van der Waals surface area contributed by atoms with Crippen molar-refractivity contribution in [2.45, 2.75) is 63.2 Å². The predicted molar refractivity (Wildman–Crippen MR) is 133 cm³/mol. The van der Waals surface area contributed by atoms with Crippen molar-refractivity contribution in [1.29, 1.82) is 0 Å². The zero-order valence-corrected chi connectivity index (χ0v) is 21.1. The number of carbonyl (C=O) groups excluding carboxylic acids is 1. The Labute approximate surface area is 199 Å². The third kappa shape index (κ3) is 4.98. The molecular weight excluding hydrogens is 456 g/mol. The molecule has 0 saturated carbocycles. The highest BCUT2D eigenvalue weighted by Crippen LogP contribution is 2.33. The van der Waals surface area contributed by atoms with E-state index >= 15 is 0 Å². The van der Waals surface area contributed by atoms with Crippen LogP contribution < -0.4 is 4.90 Å². The molecule has 4 rings (SSSR count). The number of fused-ring (bicyclic) bond motifs is 1. The Bertz CT molecular complexity index is 1260. The lowest BCUT2D eigenvalue weighted by Gasteiger charge is -2.23. The van der Waals surface area contributed by atoms with Crippen LogP contribution in [-0.2, 0) is 25.8 Å². The molecule has 0 aliphatic carbocycles.